The van der Waals surface area contributed by atoms with Crippen molar-refractivity contribution in [1.29, 1.82) is 0 Å². The zero-order valence-corrected chi connectivity index (χ0v) is 12.1. The van der Waals surface area contributed by atoms with Gasteiger partial charge in [0.1, 0.15) is 0 Å². The second-order valence-electron chi connectivity index (χ2n) is 4.39. The maximum absolute atomic E-state index is 11.6. The van der Waals surface area contributed by atoms with Crippen LogP contribution in [0.1, 0.15) is 5.56 Å². The van der Waals surface area contributed by atoms with E-state index < -0.39 is 4.92 Å². The van der Waals surface area contributed by atoms with Crippen molar-refractivity contribution in [2.24, 2.45) is 0 Å². The third kappa shape index (κ3) is 4.88. The van der Waals surface area contributed by atoms with Crippen LogP contribution in [0.15, 0.2) is 41.1 Å². The number of nitrogens with one attached hydrogen (secondary N) is 2. The number of nitro benzene ring substituents is 1. The van der Waals surface area contributed by atoms with Gasteiger partial charge in [-0.1, -0.05) is 0 Å². The maximum atomic E-state index is 11.6. The molecule has 110 valence electrons. The van der Waals surface area contributed by atoms with Crippen LogP contribution < -0.4 is 10.6 Å². The fraction of sp³-hybridized carbons (Fsp3) is 0.214. The van der Waals surface area contributed by atoms with E-state index in [0.29, 0.717) is 19.5 Å². The molecule has 0 saturated carbocycles. The van der Waals surface area contributed by atoms with Gasteiger partial charge in [0.2, 0.25) is 5.91 Å². The molecule has 0 saturated heterocycles. The lowest BCUT2D eigenvalue weighted by Crippen LogP contribution is -2.29. The lowest BCUT2D eigenvalue weighted by molar-refractivity contribution is -0.384. The summed E-state index contributed by atoms with van der Waals surface area (Å²) in [5.41, 5.74) is 1.86. The predicted molar refractivity (Wildman–Crippen MR) is 82.6 cm³/mol. The molecule has 0 unspecified atom stereocenters. The van der Waals surface area contributed by atoms with Crippen molar-refractivity contribution in [3.05, 3.63) is 56.8 Å². The van der Waals surface area contributed by atoms with Crippen LogP contribution in [0.3, 0.4) is 0 Å². The number of rotatable bonds is 7. The second-order valence-corrected chi connectivity index (χ2v) is 5.17. The molecule has 2 aromatic rings. The molecule has 0 fully saturated rings. The smallest absolute Gasteiger partial charge is 0.269 e. The summed E-state index contributed by atoms with van der Waals surface area (Å²) >= 11 is 1.57. The Morgan fingerprint density at radius 2 is 1.95 bits per heavy atom. The van der Waals surface area contributed by atoms with Crippen LogP contribution in [-0.4, -0.2) is 23.9 Å². The zero-order chi connectivity index (χ0) is 15.1. The quantitative estimate of drug-likeness (QED) is 0.467. The molecule has 1 amide bonds. The monoisotopic (exact) mass is 305 g/mol. The molecule has 21 heavy (non-hydrogen) atoms. The molecular weight excluding hydrogens is 290 g/mol. The fourth-order valence-electron chi connectivity index (χ4n) is 1.75. The number of nitrogens with zero attached hydrogens (tertiary/aromatic N) is 1. The maximum Gasteiger partial charge on any atom is 0.269 e. The summed E-state index contributed by atoms with van der Waals surface area (Å²) in [7, 11) is 0. The number of thiophene rings is 1. The van der Waals surface area contributed by atoms with Gasteiger partial charge in [0.05, 0.1) is 11.3 Å². The number of hydrogen-bond donors (Lipinski definition) is 2. The van der Waals surface area contributed by atoms with Crippen LogP contribution in [0, 0.1) is 10.1 Å². The van der Waals surface area contributed by atoms with Crippen molar-refractivity contribution in [3.8, 4) is 0 Å². The van der Waals surface area contributed by atoms with Gasteiger partial charge >= 0.3 is 0 Å². The van der Waals surface area contributed by atoms with Crippen molar-refractivity contribution < 1.29 is 9.72 Å². The molecule has 7 heteroatoms. The van der Waals surface area contributed by atoms with Crippen molar-refractivity contribution in [3.63, 3.8) is 0 Å². The number of benzene rings is 1. The Balaban J connectivity index is 1.67. The van der Waals surface area contributed by atoms with Gasteiger partial charge in [0.15, 0.2) is 0 Å². The van der Waals surface area contributed by atoms with Crippen LogP contribution >= 0.6 is 11.3 Å². The third-order valence-electron chi connectivity index (χ3n) is 2.80. The van der Waals surface area contributed by atoms with Gasteiger partial charge in [-0.05, 0) is 34.5 Å². The Kier molecular flexibility index (Phi) is 5.28. The molecule has 1 aromatic carbocycles. The molecule has 0 radical (unpaired) electrons. The van der Waals surface area contributed by atoms with E-state index in [2.05, 4.69) is 10.6 Å². The number of carbonyl (C=O) groups excluding carboxylic acids is 1. The van der Waals surface area contributed by atoms with E-state index in [0.717, 1.165) is 11.3 Å². The highest BCUT2D eigenvalue weighted by Gasteiger charge is 2.04. The molecule has 1 heterocycles. The van der Waals surface area contributed by atoms with Crippen LogP contribution in [-0.2, 0) is 11.2 Å². The number of amides is 1. The molecule has 0 atom stereocenters. The molecule has 6 nitrogen and oxygen atoms in total. The number of hydrogen-bond acceptors (Lipinski definition) is 5. The molecule has 0 aliphatic heterocycles. The summed E-state index contributed by atoms with van der Waals surface area (Å²) in [4.78, 5) is 21.7. The van der Waals surface area contributed by atoms with Gasteiger partial charge < -0.3 is 10.6 Å². The molecule has 2 rings (SSSR count). The van der Waals surface area contributed by atoms with Crippen LogP contribution in [0.2, 0.25) is 0 Å². The molecule has 0 aliphatic rings. The summed E-state index contributed by atoms with van der Waals surface area (Å²) in [5, 5.41) is 20.3. The fourth-order valence-corrected chi connectivity index (χ4v) is 2.42. The van der Waals surface area contributed by atoms with E-state index >= 15 is 0 Å². The lowest BCUT2D eigenvalue weighted by atomic mass is 10.2. The highest BCUT2D eigenvalue weighted by Crippen LogP contribution is 2.14. The van der Waals surface area contributed by atoms with Crippen molar-refractivity contribution in [1.82, 2.24) is 5.32 Å². The minimum Gasteiger partial charge on any atom is -0.383 e. The first-order valence-corrected chi connectivity index (χ1v) is 7.35. The van der Waals surface area contributed by atoms with E-state index in [1.54, 1.807) is 23.5 Å². The van der Waals surface area contributed by atoms with Gasteiger partial charge in [0, 0.05) is 30.9 Å². The van der Waals surface area contributed by atoms with Crippen molar-refractivity contribution >= 4 is 28.6 Å². The van der Waals surface area contributed by atoms with Crippen LogP contribution in [0.5, 0.6) is 0 Å². The summed E-state index contributed by atoms with van der Waals surface area (Å²) in [6.45, 7) is 1.06. The van der Waals surface area contributed by atoms with Crippen molar-refractivity contribution in [2.45, 2.75) is 6.42 Å². The molecule has 1 aromatic heterocycles. The summed E-state index contributed by atoms with van der Waals surface area (Å²) in [6, 6.07) is 8.10. The van der Waals surface area contributed by atoms with Crippen molar-refractivity contribution in [2.75, 3.05) is 18.4 Å². The minimum absolute atomic E-state index is 0.0149. The molecule has 0 spiro atoms. The molecule has 0 bridgehead atoms. The van der Waals surface area contributed by atoms with Gasteiger partial charge in [-0.15, -0.1) is 0 Å². The minimum atomic E-state index is -0.436. The zero-order valence-electron chi connectivity index (χ0n) is 11.2. The third-order valence-corrected chi connectivity index (χ3v) is 3.53. The number of non-ortho nitro benzene ring substituents is 1. The van der Waals surface area contributed by atoms with E-state index in [9.17, 15) is 14.9 Å². The first kappa shape index (κ1) is 15.0. The number of anilines is 1. The second kappa shape index (κ2) is 7.39. The SMILES string of the molecule is O=C(Cc1ccsc1)NCCNc1ccc([N+](=O)[O-])cc1. The Morgan fingerprint density at radius 3 is 2.57 bits per heavy atom. The van der Waals surface area contributed by atoms with Gasteiger partial charge in [-0.25, -0.2) is 0 Å². The summed E-state index contributed by atoms with van der Waals surface area (Å²) in [5.74, 6) is -0.0149. The first-order chi connectivity index (χ1) is 10.1. The Hall–Kier alpha value is -2.41. The molecule has 2 N–H and O–H groups in total. The highest BCUT2D eigenvalue weighted by atomic mass is 32.1. The largest absolute Gasteiger partial charge is 0.383 e. The standard InChI is InChI=1S/C14H15N3O3S/c18-14(9-11-5-8-21-10-11)16-7-6-15-12-1-3-13(4-2-12)17(19)20/h1-5,8,10,15H,6-7,9H2,(H,16,18). The van der Waals surface area contributed by atoms with E-state index in [1.165, 1.54) is 12.1 Å². The van der Waals surface area contributed by atoms with Crippen LogP contribution in [0.4, 0.5) is 11.4 Å². The van der Waals surface area contributed by atoms with E-state index in [-0.39, 0.29) is 11.6 Å². The molecule has 0 aliphatic carbocycles. The topological polar surface area (TPSA) is 84.3 Å². The lowest BCUT2D eigenvalue weighted by Gasteiger charge is -2.07. The summed E-state index contributed by atoms with van der Waals surface area (Å²) in [6.07, 6.45) is 0.390. The normalized spacial score (nSPS) is 10.1. The van der Waals surface area contributed by atoms with Gasteiger partial charge in [-0.2, -0.15) is 11.3 Å². The Morgan fingerprint density at radius 1 is 1.19 bits per heavy atom. The average Bonchev–Trinajstić information content (AvgIpc) is 2.97. The first-order valence-electron chi connectivity index (χ1n) is 6.41. The summed E-state index contributed by atoms with van der Waals surface area (Å²) < 4.78 is 0. The highest BCUT2D eigenvalue weighted by molar-refractivity contribution is 7.07. The van der Waals surface area contributed by atoms with E-state index in [4.69, 9.17) is 0 Å². The van der Waals surface area contributed by atoms with Gasteiger partial charge in [0.25, 0.3) is 5.69 Å². The van der Waals surface area contributed by atoms with Crippen LogP contribution in [0.25, 0.3) is 0 Å². The van der Waals surface area contributed by atoms with Gasteiger partial charge in [-0.3, -0.25) is 14.9 Å². The molecular formula is C14H15N3O3S. The van der Waals surface area contributed by atoms with E-state index in [1.807, 2.05) is 16.8 Å². The number of carbonyl (C=O) groups is 1. The average molecular weight is 305 g/mol. The predicted octanol–water partition coefficient (Wildman–Crippen LogP) is 2.43. The number of nitro groups is 1. The Labute approximate surface area is 126 Å². The Bertz CT molecular complexity index is 596.